The van der Waals surface area contributed by atoms with Gasteiger partial charge in [0.1, 0.15) is 5.60 Å². The van der Waals surface area contributed by atoms with Crippen LogP contribution in [-0.2, 0) is 4.74 Å². The molecule has 1 saturated heterocycles. The largest absolute Gasteiger partial charge is 0.444 e. The summed E-state index contributed by atoms with van der Waals surface area (Å²) < 4.78 is 6.31. The lowest BCUT2D eigenvalue weighted by Crippen LogP contribution is -2.46. The second-order valence-corrected chi connectivity index (χ2v) is 7.94. The van der Waals surface area contributed by atoms with Gasteiger partial charge in [0.05, 0.1) is 0 Å². The van der Waals surface area contributed by atoms with E-state index in [1.807, 2.05) is 27.0 Å². The van der Waals surface area contributed by atoms with E-state index in [1.165, 1.54) is 0 Å². The Bertz CT molecular complexity index is 482. The molecule has 2 rings (SSSR count). The summed E-state index contributed by atoms with van der Waals surface area (Å²) in [7, 11) is 1.12. The predicted octanol–water partition coefficient (Wildman–Crippen LogP) is 3.92. The average Bonchev–Trinajstić information content (AvgIpc) is 2.38. The Hall–Kier alpha value is -0.870. The van der Waals surface area contributed by atoms with Crippen molar-refractivity contribution in [1.82, 2.24) is 10.3 Å². The van der Waals surface area contributed by atoms with Crippen molar-refractivity contribution in [2.24, 2.45) is 0 Å². The molecular weight excluding hydrogens is 353 g/mol. The second kappa shape index (κ2) is 6.93. The molecule has 1 aliphatic heterocycles. The summed E-state index contributed by atoms with van der Waals surface area (Å²) in [5.41, 5.74) is 0.629. The van der Waals surface area contributed by atoms with Gasteiger partial charge in [-0.1, -0.05) is 0 Å². The Balaban J connectivity index is 1.80. The number of nitrogens with one attached hydrogen (secondary N) is 1. The van der Waals surface area contributed by atoms with Gasteiger partial charge in [0.25, 0.3) is 0 Å². The lowest BCUT2D eigenvalue weighted by atomic mass is 10.1. The lowest BCUT2D eigenvalue weighted by Gasteiger charge is -2.33. The maximum Gasteiger partial charge on any atom is 0.407 e. The Morgan fingerprint density at radius 1 is 1.48 bits per heavy atom. The number of carbonyl (C=O) groups is 1. The normalized spacial score (nSPS) is 17.0. The molecule has 0 bridgehead atoms. The van der Waals surface area contributed by atoms with Crippen LogP contribution in [0.15, 0.2) is 16.5 Å². The Labute approximate surface area is 135 Å². The highest BCUT2D eigenvalue weighted by molar-refractivity contribution is 9.10. The summed E-state index contributed by atoms with van der Waals surface area (Å²) in [5, 5.41) is 2.95. The molecule has 0 saturated carbocycles. The molecule has 0 unspecified atom stereocenters. The van der Waals surface area contributed by atoms with Crippen LogP contribution in [0.25, 0.3) is 0 Å². The SMILES string of the molecule is CC(C)(C)OC(=O)NC1CCN(c2ncc(Br)cp2)CC1. The number of amides is 1. The minimum absolute atomic E-state index is 0.184. The Morgan fingerprint density at radius 3 is 2.67 bits per heavy atom. The van der Waals surface area contributed by atoms with Gasteiger partial charge in [0.15, 0.2) is 5.55 Å². The number of aromatic nitrogens is 1. The first-order chi connectivity index (χ1) is 9.83. The summed E-state index contributed by atoms with van der Waals surface area (Å²) in [5.74, 6) is 2.09. The third-order valence-electron chi connectivity index (χ3n) is 3.11. The fourth-order valence-electron chi connectivity index (χ4n) is 2.17. The second-order valence-electron chi connectivity index (χ2n) is 6.11. The number of carbonyl (C=O) groups excluding carboxylic acids is 1. The quantitative estimate of drug-likeness (QED) is 0.853. The van der Waals surface area contributed by atoms with E-state index in [-0.39, 0.29) is 12.1 Å². The summed E-state index contributed by atoms with van der Waals surface area (Å²) >= 11 is 3.41. The fourth-order valence-corrected chi connectivity index (χ4v) is 3.37. The van der Waals surface area contributed by atoms with Gasteiger partial charge in [-0.25, -0.2) is 9.78 Å². The maximum atomic E-state index is 11.8. The molecule has 0 spiro atoms. The van der Waals surface area contributed by atoms with Crippen molar-refractivity contribution >= 4 is 35.8 Å². The van der Waals surface area contributed by atoms with Crippen LogP contribution in [-0.4, -0.2) is 35.8 Å². The van der Waals surface area contributed by atoms with Crippen LogP contribution in [0, 0.1) is 0 Å². The number of hydrogen-bond donors (Lipinski definition) is 1. The van der Waals surface area contributed by atoms with Crippen molar-refractivity contribution in [2.45, 2.75) is 45.3 Å². The van der Waals surface area contributed by atoms with Crippen LogP contribution in [0.5, 0.6) is 0 Å². The molecule has 7 heteroatoms. The highest BCUT2D eigenvalue weighted by Gasteiger charge is 2.24. The van der Waals surface area contributed by atoms with Crippen molar-refractivity contribution in [3.63, 3.8) is 0 Å². The van der Waals surface area contributed by atoms with E-state index in [0.29, 0.717) is 0 Å². The van der Waals surface area contributed by atoms with E-state index in [9.17, 15) is 4.79 Å². The van der Waals surface area contributed by atoms with E-state index in [2.05, 4.69) is 36.9 Å². The molecular formula is C14H21BrN3O2P. The number of nitrogens with zero attached hydrogens (tertiary/aromatic N) is 2. The summed E-state index contributed by atoms with van der Waals surface area (Å²) in [6, 6.07) is 0.184. The zero-order chi connectivity index (χ0) is 15.5. The number of piperidine rings is 1. The van der Waals surface area contributed by atoms with Crippen molar-refractivity contribution in [2.75, 3.05) is 18.0 Å². The van der Waals surface area contributed by atoms with E-state index < -0.39 is 5.60 Å². The van der Waals surface area contributed by atoms with Crippen molar-refractivity contribution < 1.29 is 9.53 Å². The van der Waals surface area contributed by atoms with Crippen LogP contribution in [0.4, 0.5) is 10.3 Å². The van der Waals surface area contributed by atoms with E-state index in [0.717, 1.165) is 44.1 Å². The number of hydrogen-bond acceptors (Lipinski definition) is 4. The first kappa shape index (κ1) is 16.5. The highest BCUT2D eigenvalue weighted by Crippen LogP contribution is 2.28. The van der Waals surface area contributed by atoms with Crippen LogP contribution in [0.1, 0.15) is 33.6 Å². The monoisotopic (exact) mass is 373 g/mol. The minimum atomic E-state index is -0.448. The first-order valence-corrected chi connectivity index (χ1v) is 8.81. The molecule has 1 fully saturated rings. The molecule has 5 nitrogen and oxygen atoms in total. The molecule has 1 amide bonds. The van der Waals surface area contributed by atoms with E-state index in [4.69, 9.17) is 4.74 Å². The summed E-state index contributed by atoms with van der Waals surface area (Å²) in [6.45, 7) is 7.43. The molecule has 2 heterocycles. The Kier molecular flexibility index (Phi) is 5.44. The van der Waals surface area contributed by atoms with Gasteiger partial charge in [0, 0.05) is 29.8 Å². The third kappa shape index (κ3) is 5.44. The number of halogens is 1. The molecule has 1 aliphatic rings. The summed E-state index contributed by atoms with van der Waals surface area (Å²) in [4.78, 5) is 18.5. The minimum Gasteiger partial charge on any atom is -0.444 e. The number of anilines is 1. The molecule has 1 aromatic heterocycles. The molecule has 1 aromatic rings. The number of ether oxygens (including phenoxy) is 1. The third-order valence-corrected chi connectivity index (χ3v) is 4.93. The Morgan fingerprint density at radius 2 is 2.14 bits per heavy atom. The van der Waals surface area contributed by atoms with Crippen molar-refractivity contribution in [1.29, 1.82) is 0 Å². The molecule has 116 valence electrons. The molecule has 0 aromatic carbocycles. The van der Waals surface area contributed by atoms with Crippen LogP contribution >= 0.6 is 24.1 Å². The summed E-state index contributed by atoms with van der Waals surface area (Å²) in [6.07, 6.45) is 3.34. The van der Waals surface area contributed by atoms with Crippen molar-refractivity contribution in [3.8, 4) is 0 Å². The van der Waals surface area contributed by atoms with Crippen LogP contribution in [0.3, 0.4) is 0 Å². The average molecular weight is 374 g/mol. The van der Waals surface area contributed by atoms with E-state index >= 15 is 0 Å². The standard InChI is InChI=1S/C14H21BrN3O2P/c1-14(2,3)20-13(19)17-11-4-6-18(7-5-11)12-16-8-10(15)9-21-12/h8-9,11H,4-7H2,1-3H3,(H,17,19). The van der Waals surface area contributed by atoms with Crippen LogP contribution < -0.4 is 10.2 Å². The number of rotatable bonds is 2. The molecule has 1 N–H and O–H groups in total. The zero-order valence-electron chi connectivity index (χ0n) is 12.6. The first-order valence-electron chi connectivity index (χ1n) is 7.05. The molecule has 21 heavy (non-hydrogen) atoms. The smallest absolute Gasteiger partial charge is 0.407 e. The van der Waals surface area contributed by atoms with Gasteiger partial charge in [-0.05, 0) is 63.5 Å². The van der Waals surface area contributed by atoms with Gasteiger partial charge in [-0.3, -0.25) is 0 Å². The zero-order valence-corrected chi connectivity index (χ0v) is 15.1. The van der Waals surface area contributed by atoms with Gasteiger partial charge in [0.2, 0.25) is 0 Å². The van der Waals surface area contributed by atoms with E-state index in [1.54, 1.807) is 0 Å². The maximum absolute atomic E-state index is 11.8. The topological polar surface area (TPSA) is 54.5 Å². The van der Waals surface area contributed by atoms with Gasteiger partial charge in [-0.15, -0.1) is 0 Å². The van der Waals surface area contributed by atoms with Gasteiger partial charge in [-0.2, -0.15) is 0 Å². The van der Waals surface area contributed by atoms with Gasteiger partial charge < -0.3 is 15.0 Å². The fraction of sp³-hybridized carbons (Fsp3) is 0.643. The molecule has 0 radical (unpaired) electrons. The highest BCUT2D eigenvalue weighted by atomic mass is 79.9. The predicted molar refractivity (Wildman–Crippen MR) is 89.1 cm³/mol. The van der Waals surface area contributed by atoms with Crippen LogP contribution in [0.2, 0.25) is 0 Å². The van der Waals surface area contributed by atoms with Crippen molar-refractivity contribution in [3.05, 3.63) is 16.5 Å². The molecule has 0 atom stereocenters. The lowest BCUT2D eigenvalue weighted by molar-refractivity contribution is 0.0497. The van der Waals surface area contributed by atoms with Gasteiger partial charge >= 0.3 is 6.09 Å². The molecule has 0 aliphatic carbocycles. The number of alkyl carbamates (subject to hydrolysis) is 1.